The van der Waals surface area contributed by atoms with E-state index in [-0.39, 0.29) is 22.8 Å². The quantitative estimate of drug-likeness (QED) is 0.633. The number of benzene rings is 1. The van der Waals surface area contributed by atoms with Gasteiger partial charge in [0.25, 0.3) is 0 Å². The van der Waals surface area contributed by atoms with E-state index in [9.17, 15) is 4.79 Å². The maximum absolute atomic E-state index is 12.2. The summed E-state index contributed by atoms with van der Waals surface area (Å²) in [5.41, 5.74) is 2.49. The van der Waals surface area contributed by atoms with E-state index in [0.717, 1.165) is 11.3 Å². The van der Waals surface area contributed by atoms with E-state index in [1.165, 1.54) is 0 Å². The van der Waals surface area contributed by atoms with Crippen LogP contribution in [-0.2, 0) is 24.3 Å². The molecule has 3 rings (SSSR count). The van der Waals surface area contributed by atoms with Crippen LogP contribution in [0.1, 0.15) is 16.8 Å². The molecule has 1 aliphatic rings. The fourth-order valence-electron chi connectivity index (χ4n) is 2.26. The summed E-state index contributed by atoms with van der Waals surface area (Å²) in [6.45, 7) is 0.962. The molecule has 0 radical (unpaired) electrons. The van der Waals surface area contributed by atoms with E-state index < -0.39 is 0 Å². The van der Waals surface area contributed by atoms with Gasteiger partial charge in [-0.25, -0.2) is 9.97 Å². The molecule has 2 aromatic rings. The minimum atomic E-state index is 0.0224. The lowest BCUT2D eigenvalue weighted by Gasteiger charge is -2.28. The van der Waals surface area contributed by atoms with Crippen LogP contribution in [0, 0.1) is 0 Å². The Balaban J connectivity index is 1.87. The van der Waals surface area contributed by atoms with Gasteiger partial charge in [-0.3, -0.25) is 4.79 Å². The third-order valence-corrected chi connectivity index (χ3v) is 3.73. The van der Waals surface area contributed by atoms with Crippen molar-refractivity contribution in [2.45, 2.75) is 19.5 Å². The topological polar surface area (TPSA) is 46.1 Å². The van der Waals surface area contributed by atoms with Crippen molar-refractivity contribution >= 4 is 29.1 Å². The average Bonchev–Trinajstić information content (AvgIpc) is 2.42. The van der Waals surface area contributed by atoms with Gasteiger partial charge in [-0.1, -0.05) is 41.9 Å². The zero-order valence-electron chi connectivity index (χ0n) is 10.5. The van der Waals surface area contributed by atoms with Crippen LogP contribution in [0.5, 0.6) is 0 Å². The molecule has 1 aromatic heterocycles. The van der Waals surface area contributed by atoms with Crippen molar-refractivity contribution in [3.8, 4) is 0 Å². The minimum Gasteiger partial charge on any atom is -0.332 e. The lowest BCUT2D eigenvalue weighted by Crippen LogP contribution is -2.36. The van der Waals surface area contributed by atoms with Crippen LogP contribution in [0.4, 0.5) is 0 Å². The summed E-state index contributed by atoms with van der Waals surface area (Å²) in [5.74, 6) is 0.0224. The molecule has 0 aliphatic carbocycles. The van der Waals surface area contributed by atoms with Gasteiger partial charge in [0.2, 0.25) is 11.2 Å². The smallest absolute Gasteiger partial charge is 0.227 e. The molecule has 0 N–H and O–H groups in total. The zero-order valence-corrected chi connectivity index (χ0v) is 12.0. The van der Waals surface area contributed by atoms with E-state index in [2.05, 4.69) is 9.97 Å². The second-order valence-electron chi connectivity index (χ2n) is 4.62. The number of fused-ring (bicyclic) bond motifs is 1. The summed E-state index contributed by atoms with van der Waals surface area (Å²) >= 11 is 11.8. The van der Waals surface area contributed by atoms with E-state index in [4.69, 9.17) is 23.2 Å². The fourth-order valence-corrected chi connectivity index (χ4v) is 2.74. The molecule has 1 aromatic carbocycles. The molecule has 0 spiro atoms. The van der Waals surface area contributed by atoms with Gasteiger partial charge in [0, 0.05) is 12.1 Å². The Kier molecular flexibility index (Phi) is 3.59. The van der Waals surface area contributed by atoms with E-state index in [0.29, 0.717) is 18.7 Å². The average molecular weight is 308 g/mol. The largest absolute Gasteiger partial charge is 0.332 e. The summed E-state index contributed by atoms with van der Waals surface area (Å²) < 4.78 is 0. The number of carbonyl (C=O) groups excluding carboxylic acids is 1. The highest BCUT2D eigenvalue weighted by Gasteiger charge is 2.27. The highest BCUT2D eigenvalue weighted by molar-refractivity contribution is 6.32. The van der Waals surface area contributed by atoms with Crippen molar-refractivity contribution in [3.05, 3.63) is 57.6 Å². The number of carbonyl (C=O) groups is 1. The molecule has 0 saturated heterocycles. The summed E-state index contributed by atoms with van der Waals surface area (Å²) in [6, 6.07) is 9.83. The van der Waals surface area contributed by atoms with Gasteiger partial charge in [0.15, 0.2) is 0 Å². The molecular weight excluding hydrogens is 297 g/mol. The molecule has 0 fully saturated rings. The Morgan fingerprint density at radius 2 is 1.90 bits per heavy atom. The van der Waals surface area contributed by atoms with Crippen molar-refractivity contribution in [2.75, 3.05) is 0 Å². The number of aromatic nitrogens is 2. The van der Waals surface area contributed by atoms with Gasteiger partial charge in [-0.05, 0) is 17.2 Å². The normalized spacial score (nSPS) is 14.3. The van der Waals surface area contributed by atoms with Crippen LogP contribution in [0.2, 0.25) is 10.4 Å². The third kappa shape index (κ3) is 2.62. The molecule has 6 heteroatoms. The Bertz CT molecular complexity index is 661. The van der Waals surface area contributed by atoms with Crippen molar-refractivity contribution in [2.24, 2.45) is 0 Å². The Hall–Kier alpha value is -1.65. The maximum Gasteiger partial charge on any atom is 0.227 e. The first-order chi connectivity index (χ1) is 9.63. The van der Waals surface area contributed by atoms with E-state index in [1.807, 2.05) is 30.3 Å². The number of amides is 1. The predicted molar refractivity (Wildman–Crippen MR) is 76.5 cm³/mol. The molecule has 0 atom stereocenters. The number of nitrogens with zero attached hydrogens (tertiary/aromatic N) is 3. The minimum absolute atomic E-state index is 0.0224. The first kappa shape index (κ1) is 13.3. The van der Waals surface area contributed by atoms with Crippen LogP contribution < -0.4 is 0 Å². The molecule has 1 amide bonds. The molecule has 0 bridgehead atoms. The molecule has 0 saturated carbocycles. The van der Waals surface area contributed by atoms with Gasteiger partial charge in [-0.15, -0.1) is 0 Å². The van der Waals surface area contributed by atoms with Gasteiger partial charge in [0.05, 0.1) is 18.7 Å². The summed E-state index contributed by atoms with van der Waals surface area (Å²) in [5, 5.41) is 0.385. The Morgan fingerprint density at radius 1 is 1.15 bits per heavy atom. The van der Waals surface area contributed by atoms with E-state index >= 15 is 0 Å². The SMILES string of the molecule is O=C1Cc2c(Cl)nc(Cl)nc2CN1Cc1ccccc1. The van der Waals surface area contributed by atoms with Gasteiger partial charge >= 0.3 is 0 Å². The molecular formula is C14H11Cl2N3O. The van der Waals surface area contributed by atoms with Gasteiger partial charge in [-0.2, -0.15) is 0 Å². The van der Waals surface area contributed by atoms with Crippen LogP contribution in [0.15, 0.2) is 30.3 Å². The predicted octanol–water partition coefficient (Wildman–Crippen LogP) is 2.87. The second-order valence-corrected chi connectivity index (χ2v) is 5.32. The highest BCUT2D eigenvalue weighted by atomic mass is 35.5. The van der Waals surface area contributed by atoms with Gasteiger partial charge < -0.3 is 4.90 Å². The Morgan fingerprint density at radius 3 is 2.65 bits per heavy atom. The van der Waals surface area contributed by atoms with Crippen molar-refractivity contribution in [3.63, 3.8) is 0 Å². The molecule has 0 unspecified atom stereocenters. The van der Waals surface area contributed by atoms with Crippen molar-refractivity contribution in [1.29, 1.82) is 0 Å². The van der Waals surface area contributed by atoms with Crippen LogP contribution in [-0.4, -0.2) is 20.8 Å². The maximum atomic E-state index is 12.2. The number of rotatable bonds is 2. The first-order valence-electron chi connectivity index (χ1n) is 6.16. The lowest BCUT2D eigenvalue weighted by molar-refractivity contribution is -0.132. The number of halogens is 2. The van der Waals surface area contributed by atoms with Crippen LogP contribution in [0.3, 0.4) is 0 Å². The Labute approximate surface area is 126 Å². The van der Waals surface area contributed by atoms with Crippen LogP contribution >= 0.6 is 23.2 Å². The first-order valence-corrected chi connectivity index (χ1v) is 6.91. The number of hydrogen-bond donors (Lipinski definition) is 0. The summed E-state index contributed by atoms with van der Waals surface area (Å²) in [6.07, 6.45) is 0.220. The molecule has 1 aliphatic heterocycles. The van der Waals surface area contributed by atoms with Gasteiger partial charge in [0.1, 0.15) is 5.15 Å². The van der Waals surface area contributed by atoms with Crippen LogP contribution in [0.25, 0.3) is 0 Å². The standard InChI is InChI=1S/C14H11Cl2N3O/c15-13-10-6-12(20)19(7-9-4-2-1-3-5-9)8-11(10)17-14(16)18-13/h1-5H,6-8H2. The van der Waals surface area contributed by atoms with Crippen molar-refractivity contribution < 1.29 is 4.79 Å². The molecule has 20 heavy (non-hydrogen) atoms. The fraction of sp³-hybridized carbons (Fsp3) is 0.214. The molecule has 2 heterocycles. The molecule has 4 nitrogen and oxygen atoms in total. The third-order valence-electron chi connectivity index (χ3n) is 3.25. The number of hydrogen-bond acceptors (Lipinski definition) is 3. The summed E-state index contributed by atoms with van der Waals surface area (Å²) in [4.78, 5) is 22.0. The molecule has 102 valence electrons. The van der Waals surface area contributed by atoms with E-state index in [1.54, 1.807) is 4.90 Å². The highest BCUT2D eigenvalue weighted by Crippen LogP contribution is 2.26. The van der Waals surface area contributed by atoms with Crippen molar-refractivity contribution in [1.82, 2.24) is 14.9 Å². The second kappa shape index (κ2) is 5.38. The zero-order chi connectivity index (χ0) is 14.1. The summed E-state index contributed by atoms with van der Waals surface area (Å²) in [7, 11) is 0. The lowest BCUT2D eigenvalue weighted by atomic mass is 10.1. The monoisotopic (exact) mass is 307 g/mol.